The standard InChI is InChI=1S/C23H19F2N3O4S/c24-22(25)16-7-5-15(6-8-16)19-13-20(32-28-19)23(29)27-17-11-9-14(10-12-17)18-3-1-2-4-21(18)33(26,30)31/h1-12,20,22H,13H2,(H,27,29)(H2,26,30,31). The Hall–Kier alpha value is -3.63. The van der Waals surface area contributed by atoms with E-state index in [9.17, 15) is 22.0 Å². The predicted molar refractivity (Wildman–Crippen MR) is 119 cm³/mol. The number of anilines is 1. The van der Waals surface area contributed by atoms with E-state index >= 15 is 0 Å². The molecule has 170 valence electrons. The molecule has 1 atom stereocenters. The second-order valence-corrected chi connectivity index (χ2v) is 8.90. The fourth-order valence-corrected chi connectivity index (χ4v) is 4.18. The van der Waals surface area contributed by atoms with Gasteiger partial charge in [-0.05, 0) is 29.3 Å². The first kappa shape index (κ1) is 22.6. The molecule has 1 aliphatic heterocycles. The highest BCUT2D eigenvalue weighted by molar-refractivity contribution is 7.89. The zero-order valence-corrected chi connectivity index (χ0v) is 17.9. The number of rotatable bonds is 6. The summed E-state index contributed by atoms with van der Waals surface area (Å²) < 4.78 is 49.1. The van der Waals surface area contributed by atoms with Gasteiger partial charge in [0.05, 0.1) is 10.6 Å². The molecule has 3 aromatic rings. The molecule has 0 aromatic heterocycles. The number of hydrogen-bond donors (Lipinski definition) is 2. The number of carbonyl (C=O) groups excluding carboxylic acids is 1. The molecule has 7 nitrogen and oxygen atoms in total. The molecule has 33 heavy (non-hydrogen) atoms. The Morgan fingerprint density at radius 1 is 1.00 bits per heavy atom. The minimum Gasteiger partial charge on any atom is -0.382 e. The molecule has 3 aromatic carbocycles. The highest BCUT2D eigenvalue weighted by atomic mass is 32.2. The Labute approximate surface area is 188 Å². The maximum atomic E-state index is 12.7. The molecule has 0 radical (unpaired) electrons. The first-order valence-electron chi connectivity index (χ1n) is 9.86. The van der Waals surface area contributed by atoms with E-state index in [0.29, 0.717) is 28.1 Å². The number of sulfonamides is 1. The number of alkyl halides is 2. The summed E-state index contributed by atoms with van der Waals surface area (Å²) in [6, 6.07) is 18.6. The van der Waals surface area contributed by atoms with Gasteiger partial charge in [-0.25, -0.2) is 22.3 Å². The molecule has 0 aliphatic carbocycles. The number of amides is 1. The maximum Gasteiger partial charge on any atom is 0.268 e. The topological polar surface area (TPSA) is 111 Å². The third-order valence-corrected chi connectivity index (χ3v) is 6.08. The van der Waals surface area contributed by atoms with E-state index in [2.05, 4.69) is 10.5 Å². The van der Waals surface area contributed by atoms with Crippen LogP contribution >= 0.6 is 0 Å². The molecule has 1 aliphatic rings. The summed E-state index contributed by atoms with van der Waals surface area (Å²) in [5, 5.41) is 11.9. The van der Waals surface area contributed by atoms with Crippen molar-refractivity contribution in [1.29, 1.82) is 0 Å². The molecule has 0 saturated heterocycles. The highest BCUT2D eigenvalue weighted by Gasteiger charge is 2.29. The number of primary sulfonamides is 1. The zero-order valence-electron chi connectivity index (χ0n) is 17.1. The number of hydrogen-bond acceptors (Lipinski definition) is 5. The van der Waals surface area contributed by atoms with Crippen molar-refractivity contribution in [2.45, 2.75) is 23.8 Å². The minimum absolute atomic E-state index is 0.00685. The van der Waals surface area contributed by atoms with Crippen LogP contribution in [0.25, 0.3) is 11.1 Å². The number of nitrogens with two attached hydrogens (primary N) is 1. The molecule has 3 N–H and O–H groups in total. The smallest absolute Gasteiger partial charge is 0.268 e. The number of carbonyl (C=O) groups is 1. The molecule has 4 rings (SSSR count). The van der Waals surface area contributed by atoms with Gasteiger partial charge in [0, 0.05) is 23.2 Å². The summed E-state index contributed by atoms with van der Waals surface area (Å²) >= 11 is 0. The lowest BCUT2D eigenvalue weighted by Gasteiger charge is -2.11. The van der Waals surface area contributed by atoms with Crippen molar-refractivity contribution < 1.29 is 26.8 Å². The second kappa shape index (κ2) is 9.08. The van der Waals surface area contributed by atoms with E-state index in [-0.39, 0.29) is 16.9 Å². The van der Waals surface area contributed by atoms with Gasteiger partial charge in [0.15, 0.2) is 0 Å². The Balaban J connectivity index is 1.41. The van der Waals surface area contributed by atoms with E-state index in [1.807, 2.05) is 0 Å². The molecule has 10 heteroatoms. The molecular formula is C23H19F2N3O4S. The zero-order chi connectivity index (χ0) is 23.6. The second-order valence-electron chi connectivity index (χ2n) is 7.37. The van der Waals surface area contributed by atoms with E-state index < -0.39 is 28.5 Å². The van der Waals surface area contributed by atoms with Crippen LogP contribution in [0.1, 0.15) is 24.0 Å². The van der Waals surface area contributed by atoms with Gasteiger partial charge in [-0.15, -0.1) is 0 Å². The third-order valence-electron chi connectivity index (χ3n) is 5.11. The van der Waals surface area contributed by atoms with Crippen LogP contribution < -0.4 is 10.5 Å². The number of nitrogens with one attached hydrogen (secondary N) is 1. The van der Waals surface area contributed by atoms with E-state index in [0.717, 1.165) is 0 Å². The van der Waals surface area contributed by atoms with Crippen LogP contribution in [0.3, 0.4) is 0 Å². The quantitative estimate of drug-likeness (QED) is 0.565. The van der Waals surface area contributed by atoms with Crippen molar-refractivity contribution in [2.24, 2.45) is 10.3 Å². The summed E-state index contributed by atoms with van der Waals surface area (Å²) in [7, 11) is -3.89. The number of oxime groups is 1. The maximum absolute atomic E-state index is 12.7. The van der Waals surface area contributed by atoms with Gasteiger partial charge in [0.2, 0.25) is 16.1 Å². The Morgan fingerprint density at radius 3 is 2.27 bits per heavy atom. The Morgan fingerprint density at radius 2 is 1.64 bits per heavy atom. The highest BCUT2D eigenvalue weighted by Crippen LogP contribution is 2.28. The first-order valence-corrected chi connectivity index (χ1v) is 11.4. The lowest BCUT2D eigenvalue weighted by Crippen LogP contribution is -2.28. The van der Waals surface area contributed by atoms with Gasteiger partial charge in [-0.1, -0.05) is 59.8 Å². The fraction of sp³-hybridized carbons (Fsp3) is 0.130. The normalized spacial score (nSPS) is 15.8. The number of halogens is 2. The van der Waals surface area contributed by atoms with Crippen molar-refractivity contribution in [2.75, 3.05) is 5.32 Å². The molecule has 0 bridgehead atoms. The summed E-state index contributed by atoms with van der Waals surface area (Å²) in [6.45, 7) is 0. The molecule has 1 unspecified atom stereocenters. The first-order chi connectivity index (χ1) is 15.7. The van der Waals surface area contributed by atoms with Crippen molar-refractivity contribution in [3.05, 3.63) is 83.9 Å². The van der Waals surface area contributed by atoms with Crippen LogP contribution in [0.4, 0.5) is 14.5 Å². The molecule has 1 amide bonds. The van der Waals surface area contributed by atoms with Crippen LogP contribution in [0.2, 0.25) is 0 Å². The predicted octanol–water partition coefficient (Wildman–Crippen LogP) is 4.07. The summed E-state index contributed by atoms with van der Waals surface area (Å²) in [5.41, 5.74) is 2.55. The number of benzene rings is 3. The minimum atomic E-state index is -3.89. The van der Waals surface area contributed by atoms with Crippen molar-refractivity contribution in [1.82, 2.24) is 0 Å². The molecule has 0 saturated carbocycles. The third kappa shape index (κ3) is 5.07. The van der Waals surface area contributed by atoms with Crippen LogP contribution in [-0.4, -0.2) is 26.1 Å². The monoisotopic (exact) mass is 471 g/mol. The van der Waals surface area contributed by atoms with Gasteiger partial charge < -0.3 is 10.2 Å². The van der Waals surface area contributed by atoms with Crippen LogP contribution in [0.15, 0.2) is 82.8 Å². The van der Waals surface area contributed by atoms with Crippen molar-refractivity contribution in [3.8, 4) is 11.1 Å². The summed E-state index contributed by atoms with van der Waals surface area (Å²) in [5.74, 6) is -0.421. The van der Waals surface area contributed by atoms with Crippen molar-refractivity contribution in [3.63, 3.8) is 0 Å². The van der Waals surface area contributed by atoms with Crippen molar-refractivity contribution >= 4 is 27.3 Å². The van der Waals surface area contributed by atoms with Crippen LogP contribution in [0, 0.1) is 0 Å². The molecule has 0 fully saturated rings. The SMILES string of the molecule is NS(=O)(=O)c1ccccc1-c1ccc(NC(=O)C2CC(c3ccc(C(F)F)cc3)=NO2)cc1. The summed E-state index contributed by atoms with van der Waals surface area (Å²) in [6.07, 6.45) is -3.23. The van der Waals surface area contributed by atoms with Gasteiger partial charge in [0.25, 0.3) is 12.3 Å². The summed E-state index contributed by atoms with van der Waals surface area (Å²) in [4.78, 5) is 17.8. The number of nitrogens with zero attached hydrogens (tertiary/aromatic N) is 1. The Kier molecular flexibility index (Phi) is 6.21. The Bertz CT molecular complexity index is 1310. The average Bonchev–Trinajstić information content (AvgIpc) is 3.30. The average molecular weight is 471 g/mol. The van der Waals surface area contributed by atoms with Crippen LogP contribution in [0.5, 0.6) is 0 Å². The molecular weight excluding hydrogens is 452 g/mol. The van der Waals surface area contributed by atoms with Gasteiger partial charge in [0.1, 0.15) is 0 Å². The lowest BCUT2D eigenvalue weighted by atomic mass is 10.0. The largest absolute Gasteiger partial charge is 0.382 e. The molecule has 1 heterocycles. The molecule has 0 spiro atoms. The lowest BCUT2D eigenvalue weighted by molar-refractivity contribution is -0.125. The van der Waals surface area contributed by atoms with Crippen LogP contribution in [-0.2, 0) is 19.7 Å². The fourth-order valence-electron chi connectivity index (χ4n) is 3.42. The van der Waals surface area contributed by atoms with Gasteiger partial charge in [-0.3, -0.25) is 4.79 Å². The van der Waals surface area contributed by atoms with Gasteiger partial charge >= 0.3 is 0 Å². The van der Waals surface area contributed by atoms with E-state index in [4.69, 9.17) is 9.98 Å². The van der Waals surface area contributed by atoms with Gasteiger partial charge in [-0.2, -0.15) is 0 Å². The van der Waals surface area contributed by atoms with E-state index in [1.165, 1.54) is 30.3 Å². The van der Waals surface area contributed by atoms with E-state index in [1.54, 1.807) is 42.5 Å².